The number of amides is 2. The molecule has 0 saturated carbocycles. The van der Waals surface area contributed by atoms with E-state index in [4.69, 9.17) is 16.3 Å². The van der Waals surface area contributed by atoms with Crippen LogP contribution in [0.15, 0.2) is 48.5 Å². The van der Waals surface area contributed by atoms with Crippen molar-refractivity contribution in [3.63, 3.8) is 0 Å². The summed E-state index contributed by atoms with van der Waals surface area (Å²) in [5.74, 6) is 0.0262. The predicted molar refractivity (Wildman–Crippen MR) is 128 cm³/mol. The Morgan fingerprint density at radius 2 is 1.94 bits per heavy atom. The quantitative estimate of drug-likeness (QED) is 0.400. The number of nitrogens with one attached hydrogen (secondary N) is 2. The molecule has 7 nitrogen and oxygen atoms in total. The van der Waals surface area contributed by atoms with Crippen molar-refractivity contribution >= 4 is 56.3 Å². The number of thiophene rings is 1. The molecule has 32 heavy (non-hydrogen) atoms. The zero-order valence-electron chi connectivity index (χ0n) is 17.7. The Hall–Kier alpha value is -3.36. The number of fused-ring (bicyclic) bond motifs is 1. The van der Waals surface area contributed by atoms with Gasteiger partial charge in [0.15, 0.2) is 0 Å². The van der Waals surface area contributed by atoms with E-state index in [9.17, 15) is 9.59 Å². The van der Waals surface area contributed by atoms with Gasteiger partial charge in [-0.3, -0.25) is 14.3 Å². The van der Waals surface area contributed by atoms with Crippen LogP contribution in [0.25, 0.3) is 10.2 Å². The van der Waals surface area contributed by atoms with Gasteiger partial charge in [0, 0.05) is 23.0 Å². The molecule has 0 aliphatic heterocycles. The van der Waals surface area contributed by atoms with Gasteiger partial charge in [0.25, 0.3) is 5.91 Å². The van der Waals surface area contributed by atoms with Gasteiger partial charge in [-0.1, -0.05) is 29.8 Å². The van der Waals surface area contributed by atoms with Crippen molar-refractivity contribution in [2.45, 2.75) is 20.4 Å². The van der Waals surface area contributed by atoms with E-state index in [1.165, 1.54) is 25.4 Å². The van der Waals surface area contributed by atoms with E-state index < -0.39 is 0 Å². The number of aromatic nitrogens is 2. The Bertz CT molecular complexity index is 1330. The van der Waals surface area contributed by atoms with Crippen molar-refractivity contribution in [2.75, 3.05) is 17.7 Å². The van der Waals surface area contributed by atoms with Gasteiger partial charge in [0.05, 0.1) is 29.9 Å². The molecule has 0 aliphatic carbocycles. The minimum atomic E-state index is -0.270. The lowest BCUT2D eigenvalue weighted by molar-refractivity contribution is -0.114. The third-order valence-electron chi connectivity index (χ3n) is 4.88. The standard InChI is InChI=1S/C23H21ClN4O3S/c1-13-17-11-21(32-23(17)28(27-13)12-15-6-4-5-7-18(15)24)22(30)26-19-10-16(25-14(2)29)8-9-20(19)31-3/h4-11H,12H2,1-3H3,(H,25,29)(H,26,30). The first-order chi connectivity index (χ1) is 15.4. The normalized spacial score (nSPS) is 10.9. The minimum absolute atomic E-state index is 0.199. The van der Waals surface area contributed by atoms with Crippen LogP contribution in [0.2, 0.25) is 5.02 Å². The molecule has 2 N–H and O–H groups in total. The van der Waals surface area contributed by atoms with Crippen molar-refractivity contribution in [3.05, 3.63) is 69.7 Å². The molecule has 2 aromatic carbocycles. The lowest BCUT2D eigenvalue weighted by Gasteiger charge is -2.12. The molecule has 0 spiro atoms. The molecule has 2 amide bonds. The molecule has 0 unspecified atom stereocenters. The van der Waals surface area contributed by atoms with Crippen LogP contribution >= 0.6 is 22.9 Å². The molecule has 0 radical (unpaired) electrons. The topological polar surface area (TPSA) is 85.2 Å². The van der Waals surface area contributed by atoms with Crippen LogP contribution in [0.4, 0.5) is 11.4 Å². The number of anilines is 2. The zero-order valence-corrected chi connectivity index (χ0v) is 19.3. The van der Waals surface area contributed by atoms with Crippen LogP contribution in [0.3, 0.4) is 0 Å². The molecule has 0 saturated heterocycles. The van der Waals surface area contributed by atoms with Crippen molar-refractivity contribution in [1.29, 1.82) is 0 Å². The fraction of sp³-hybridized carbons (Fsp3) is 0.174. The number of hydrogen-bond donors (Lipinski definition) is 2. The second-order valence-electron chi connectivity index (χ2n) is 7.21. The molecule has 4 rings (SSSR count). The Morgan fingerprint density at radius 3 is 2.66 bits per heavy atom. The molecule has 0 atom stereocenters. The van der Waals surface area contributed by atoms with Gasteiger partial charge in [-0.15, -0.1) is 11.3 Å². The number of ether oxygens (including phenoxy) is 1. The summed E-state index contributed by atoms with van der Waals surface area (Å²) in [6, 6.07) is 14.5. The summed E-state index contributed by atoms with van der Waals surface area (Å²) in [6.45, 7) is 3.85. The second-order valence-corrected chi connectivity index (χ2v) is 8.65. The number of hydrogen-bond acceptors (Lipinski definition) is 5. The summed E-state index contributed by atoms with van der Waals surface area (Å²) >= 11 is 7.67. The fourth-order valence-electron chi connectivity index (χ4n) is 3.39. The number of carbonyl (C=O) groups is 2. The van der Waals surface area contributed by atoms with Gasteiger partial charge in [0.1, 0.15) is 10.6 Å². The summed E-state index contributed by atoms with van der Waals surface area (Å²) in [5, 5.41) is 11.8. The van der Waals surface area contributed by atoms with Crippen LogP contribution in [0.5, 0.6) is 5.75 Å². The molecular weight excluding hydrogens is 448 g/mol. The number of methoxy groups -OCH3 is 1. The van der Waals surface area contributed by atoms with Crippen LogP contribution < -0.4 is 15.4 Å². The summed E-state index contributed by atoms with van der Waals surface area (Å²) in [7, 11) is 1.52. The minimum Gasteiger partial charge on any atom is -0.495 e. The van der Waals surface area contributed by atoms with Crippen LogP contribution in [-0.4, -0.2) is 28.7 Å². The third kappa shape index (κ3) is 4.46. The van der Waals surface area contributed by atoms with Gasteiger partial charge >= 0.3 is 0 Å². The van der Waals surface area contributed by atoms with Crippen molar-refractivity contribution < 1.29 is 14.3 Å². The van der Waals surface area contributed by atoms with E-state index in [1.807, 2.05) is 41.9 Å². The maximum Gasteiger partial charge on any atom is 0.265 e. The molecule has 0 aliphatic rings. The molecule has 0 bridgehead atoms. The molecule has 2 heterocycles. The molecule has 2 aromatic heterocycles. The van der Waals surface area contributed by atoms with E-state index in [0.29, 0.717) is 33.6 Å². The summed E-state index contributed by atoms with van der Waals surface area (Å²) in [6.07, 6.45) is 0. The van der Waals surface area contributed by atoms with Gasteiger partial charge in [-0.05, 0) is 42.8 Å². The van der Waals surface area contributed by atoms with Crippen molar-refractivity contribution in [3.8, 4) is 5.75 Å². The fourth-order valence-corrected chi connectivity index (χ4v) is 4.64. The number of carbonyl (C=O) groups excluding carboxylic acids is 2. The number of benzene rings is 2. The van der Waals surface area contributed by atoms with Crippen molar-refractivity contribution in [2.24, 2.45) is 0 Å². The van der Waals surface area contributed by atoms with E-state index in [2.05, 4.69) is 15.7 Å². The van der Waals surface area contributed by atoms with E-state index in [1.54, 1.807) is 18.2 Å². The molecule has 4 aromatic rings. The smallest absolute Gasteiger partial charge is 0.265 e. The molecule has 9 heteroatoms. The van der Waals surface area contributed by atoms with E-state index in [-0.39, 0.29) is 11.8 Å². The third-order valence-corrected chi connectivity index (χ3v) is 6.39. The highest BCUT2D eigenvalue weighted by Gasteiger charge is 2.18. The Balaban J connectivity index is 1.62. The Kier molecular flexibility index (Phi) is 6.16. The Morgan fingerprint density at radius 1 is 1.16 bits per heavy atom. The lowest BCUT2D eigenvalue weighted by atomic mass is 10.2. The van der Waals surface area contributed by atoms with E-state index in [0.717, 1.165) is 21.5 Å². The number of nitrogens with zero attached hydrogens (tertiary/aromatic N) is 2. The average molecular weight is 469 g/mol. The summed E-state index contributed by atoms with van der Waals surface area (Å²) < 4.78 is 7.22. The maximum absolute atomic E-state index is 13.0. The van der Waals surface area contributed by atoms with E-state index >= 15 is 0 Å². The van der Waals surface area contributed by atoms with Crippen molar-refractivity contribution in [1.82, 2.24) is 9.78 Å². The predicted octanol–water partition coefficient (Wildman–Crippen LogP) is 5.33. The molecular formula is C23H21ClN4O3S. The first-order valence-corrected chi connectivity index (χ1v) is 11.0. The van der Waals surface area contributed by atoms with Gasteiger partial charge < -0.3 is 15.4 Å². The van der Waals surface area contributed by atoms with Crippen LogP contribution in [0.1, 0.15) is 27.9 Å². The SMILES string of the molecule is COc1ccc(NC(C)=O)cc1NC(=O)c1cc2c(C)nn(Cc3ccccc3Cl)c2s1. The molecule has 164 valence electrons. The average Bonchev–Trinajstić information content (AvgIpc) is 3.31. The first kappa shape index (κ1) is 21.9. The van der Waals surface area contributed by atoms with Gasteiger partial charge in [0.2, 0.25) is 5.91 Å². The maximum atomic E-state index is 13.0. The van der Waals surface area contributed by atoms with Gasteiger partial charge in [-0.25, -0.2) is 0 Å². The van der Waals surface area contributed by atoms with Gasteiger partial charge in [-0.2, -0.15) is 5.10 Å². The number of rotatable bonds is 6. The van der Waals surface area contributed by atoms with Crippen LogP contribution in [-0.2, 0) is 11.3 Å². The number of halogens is 1. The monoisotopic (exact) mass is 468 g/mol. The number of aryl methyl sites for hydroxylation is 1. The highest BCUT2D eigenvalue weighted by molar-refractivity contribution is 7.20. The highest BCUT2D eigenvalue weighted by Crippen LogP contribution is 2.32. The second kappa shape index (κ2) is 9.02. The largest absolute Gasteiger partial charge is 0.495 e. The highest BCUT2D eigenvalue weighted by atomic mass is 35.5. The Labute approximate surface area is 194 Å². The first-order valence-electron chi connectivity index (χ1n) is 9.83. The molecule has 0 fully saturated rings. The zero-order chi connectivity index (χ0) is 22.8. The lowest BCUT2D eigenvalue weighted by Crippen LogP contribution is -2.12. The van der Waals surface area contributed by atoms with Crippen LogP contribution in [0, 0.1) is 6.92 Å². The summed E-state index contributed by atoms with van der Waals surface area (Å²) in [4.78, 5) is 25.8. The summed E-state index contributed by atoms with van der Waals surface area (Å²) in [5.41, 5.74) is 2.83.